The molecule has 0 atom stereocenters. The van der Waals surface area contributed by atoms with Crippen LogP contribution in [0.25, 0.3) is 0 Å². The van der Waals surface area contributed by atoms with E-state index in [0.717, 1.165) is 17.9 Å². The van der Waals surface area contributed by atoms with Crippen LogP contribution in [0.4, 0.5) is 0 Å². The molecule has 1 nitrogen and oxygen atoms in total. The highest BCUT2D eigenvalue weighted by Gasteiger charge is 2.15. The molecule has 1 heteroatoms. The summed E-state index contributed by atoms with van der Waals surface area (Å²) < 4.78 is 0. The molecule has 14 heavy (non-hydrogen) atoms. The molecule has 0 spiro atoms. The molecule has 0 bridgehead atoms. The number of nitrogens with zero attached hydrogens (tertiary/aromatic N) is 1. The zero-order chi connectivity index (χ0) is 9.80. The summed E-state index contributed by atoms with van der Waals surface area (Å²) in [7, 11) is 0. The van der Waals surface area contributed by atoms with Gasteiger partial charge in [0.1, 0.15) is 0 Å². The van der Waals surface area contributed by atoms with Crippen LogP contribution in [0, 0.1) is 18.3 Å². The van der Waals surface area contributed by atoms with E-state index in [1.54, 1.807) is 6.20 Å². The molecule has 1 aliphatic rings. The summed E-state index contributed by atoms with van der Waals surface area (Å²) in [6, 6.07) is 4.05. The van der Waals surface area contributed by atoms with Crippen molar-refractivity contribution in [2.45, 2.75) is 32.1 Å². The van der Waals surface area contributed by atoms with Gasteiger partial charge in [-0.25, -0.2) is 0 Å². The summed E-state index contributed by atoms with van der Waals surface area (Å²) in [5.74, 6) is 3.45. The first kappa shape index (κ1) is 9.27. The van der Waals surface area contributed by atoms with Crippen molar-refractivity contribution in [1.82, 2.24) is 4.98 Å². The van der Waals surface area contributed by atoms with Crippen LogP contribution in [-0.4, -0.2) is 4.98 Å². The number of hydrogen-bond acceptors (Lipinski definition) is 1. The van der Waals surface area contributed by atoms with Crippen molar-refractivity contribution >= 4 is 0 Å². The summed E-state index contributed by atoms with van der Waals surface area (Å²) in [5.41, 5.74) is 2.07. The Balaban J connectivity index is 1.99. The molecular formula is C13H15N. The van der Waals surface area contributed by atoms with E-state index >= 15 is 0 Å². The van der Waals surface area contributed by atoms with E-state index < -0.39 is 0 Å². The van der Waals surface area contributed by atoms with Crippen molar-refractivity contribution in [2.75, 3.05) is 0 Å². The normalized spacial score (nSPS) is 16.8. The van der Waals surface area contributed by atoms with Crippen molar-refractivity contribution in [3.05, 3.63) is 29.6 Å². The van der Waals surface area contributed by atoms with Crippen LogP contribution in [0.1, 0.15) is 36.9 Å². The summed E-state index contributed by atoms with van der Waals surface area (Å²) >= 11 is 0. The van der Waals surface area contributed by atoms with Crippen LogP contribution in [-0.2, 0) is 6.42 Å². The van der Waals surface area contributed by atoms with Gasteiger partial charge in [0.15, 0.2) is 0 Å². The van der Waals surface area contributed by atoms with Gasteiger partial charge in [-0.2, -0.15) is 0 Å². The quantitative estimate of drug-likeness (QED) is 0.646. The zero-order valence-electron chi connectivity index (χ0n) is 8.37. The van der Waals surface area contributed by atoms with E-state index in [4.69, 9.17) is 6.42 Å². The van der Waals surface area contributed by atoms with Gasteiger partial charge in [0.05, 0.1) is 0 Å². The minimum absolute atomic E-state index is 0.860. The molecular weight excluding hydrogens is 170 g/mol. The first-order valence-corrected chi connectivity index (χ1v) is 5.30. The molecule has 0 unspecified atom stereocenters. The molecule has 1 saturated carbocycles. The van der Waals surface area contributed by atoms with Crippen molar-refractivity contribution < 1.29 is 0 Å². The molecule has 0 aliphatic heterocycles. The molecule has 0 amide bonds. The Kier molecular flexibility index (Phi) is 2.84. The van der Waals surface area contributed by atoms with Crippen molar-refractivity contribution in [2.24, 2.45) is 5.92 Å². The van der Waals surface area contributed by atoms with E-state index in [1.807, 2.05) is 6.07 Å². The topological polar surface area (TPSA) is 12.9 Å². The standard InChI is InChI=1S/C13H15N/c1-2-11-7-8-13(14-10-11)9-12-5-3-4-6-12/h1,7-8,10,12H,3-6,9H2. The smallest absolute Gasteiger partial charge is 0.0427 e. The third-order valence-electron chi connectivity index (χ3n) is 2.96. The molecule has 1 heterocycles. The molecule has 2 rings (SSSR count). The number of terminal acetylenes is 1. The molecule has 0 aromatic carbocycles. The van der Waals surface area contributed by atoms with Gasteiger partial charge < -0.3 is 0 Å². The lowest BCUT2D eigenvalue weighted by Gasteiger charge is -2.07. The monoisotopic (exact) mass is 185 g/mol. The maximum atomic E-state index is 5.27. The van der Waals surface area contributed by atoms with Gasteiger partial charge >= 0.3 is 0 Å². The summed E-state index contributed by atoms with van der Waals surface area (Å²) in [5, 5.41) is 0. The molecule has 1 aromatic rings. The predicted molar refractivity (Wildman–Crippen MR) is 57.8 cm³/mol. The zero-order valence-corrected chi connectivity index (χ0v) is 8.37. The largest absolute Gasteiger partial charge is 0.260 e. The van der Waals surface area contributed by atoms with Crippen LogP contribution in [0.3, 0.4) is 0 Å². The van der Waals surface area contributed by atoms with Crippen LogP contribution >= 0.6 is 0 Å². The second kappa shape index (κ2) is 4.28. The van der Waals surface area contributed by atoms with Gasteiger partial charge in [-0.05, 0) is 24.5 Å². The molecule has 1 aliphatic carbocycles. The van der Waals surface area contributed by atoms with Crippen molar-refractivity contribution in [3.63, 3.8) is 0 Å². The molecule has 0 N–H and O–H groups in total. The lowest BCUT2D eigenvalue weighted by Crippen LogP contribution is -2.00. The molecule has 0 saturated heterocycles. The van der Waals surface area contributed by atoms with Crippen molar-refractivity contribution in [1.29, 1.82) is 0 Å². The molecule has 1 aromatic heterocycles. The first-order valence-electron chi connectivity index (χ1n) is 5.30. The van der Waals surface area contributed by atoms with Gasteiger partial charge in [0.25, 0.3) is 0 Å². The molecule has 1 fully saturated rings. The summed E-state index contributed by atoms with van der Waals surface area (Å²) in [6.07, 6.45) is 13.7. The highest BCUT2D eigenvalue weighted by atomic mass is 14.7. The molecule has 72 valence electrons. The van der Waals surface area contributed by atoms with E-state index in [-0.39, 0.29) is 0 Å². The average Bonchev–Trinajstić information content (AvgIpc) is 2.72. The van der Waals surface area contributed by atoms with Gasteiger partial charge in [-0.1, -0.05) is 31.6 Å². The fourth-order valence-corrected chi connectivity index (χ4v) is 2.14. The van der Waals surface area contributed by atoms with Gasteiger partial charge in [0, 0.05) is 17.5 Å². The second-order valence-electron chi connectivity index (χ2n) is 4.04. The summed E-state index contributed by atoms with van der Waals surface area (Å²) in [4.78, 5) is 4.37. The van der Waals surface area contributed by atoms with Crippen LogP contribution < -0.4 is 0 Å². The second-order valence-corrected chi connectivity index (χ2v) is 4.04. The third-order valence-corrected chi connectivity index (χ3v) is 2.96. The van der Waals surface area contributed by atoms with Gasteiger partial charge in [-0.15, -0.1) is 6.42 Å². The van der Waals surface area contributed by atoms with Crippen LogP contribution in [0.15, 0.2) is 18.3 Å². The maximum Gasteiger partial charge on any atom is 0.0427 e. The SMILES string of the molecule is C#Cc1ccc(CC2CCCC2)nc1. The van der Waals surface area contributed by atoms with Gasteiger partial charge in [-0.3, -0.25) is 4.98 Å². The minimum Gasteiger partial charge on any atom is -0.260 e. The first-order chi connectivity index (χ1) is 6.88. The van der Waals surface area contributed by atoms with E-state index in [1.165, 1.54) is 31.4 Å². The maximum absolute atomic E-state index is 5.27. The third kappa shape index (κ3) is 2.14. The lowest BCUT2D eigenvalue weighted by atomic mass is 10.0. The van der Waals surface area contributed by atoms with E-state index in [9.17, 15) is 0 Å². The highest BCUT2D eigenvalue weighted by molar-refractivity contribution is 5.29. The number of hydrogen-bond donors (Lipinski definition) is 0. The number of rotatable bonds is 2. The van der Waals surface area contributed by atoms with E-state index in [0.29, 0.717) is 0 Å². The Morgan fingerprint density at radius 3 is 2.71 bits per heavy atom. The van der Waals surface area contributed by atoms with Crippen LogP contribution in [0.2, 0.25) is 0 Å². The van der Waals surface area contributed by atoms with Gasteiger partial charge in [0.2, 0.25) is 0 Å². The Labute approximate surface area is 85.6 Å². The number of aromatic nitrogens is 1. The predicted octanol–water partition coefficient (Wildman–Crippen LogP) is 2.80. The highest BCUT2D eigenvalue weighted by Crippen LogP contribution is 2.27. The van der Waals surface area contributed by atoms with Crippen molar-refractivity contribution in [3.8, 4) is 12.3 Å². The number of pyridine rings is 1. The van der Waals surface area contributed by atoms with E-state index in [2.05, 4.69) is 17.0 Å². The Bertz CT molecular complexity index is 325. The Morgan fingerprint density at radius 2 is 2.14 bits per heavy atom. The fraction of sp³-hybridized carbons (Fsp3) is 0.462. The van der Waals surface area contributed by atoms with Crippen LogP contribution in [0.5, 0.6) is 0 Å². The lowest BCUT2D eigenvalue weighted by molar-refractivity contribution is 0.539. The molecule has 0 radical (unpaired) electrons. The average molecular weight is 185 g/mol. The fourth-order valence-electron chi connectivity index (χ4n) is 2.14. The Morgan fingerprint density at radius 1 is 1.36 bits per heavy atom. The Hall–Kier alpha value is -1.29. The summed E-state index contributed by atoms with van der Waals surface area (Å²) in [6.45, 7) is 0. The minimum atomic E-state index is 0.860.